The maximum absolute atomic E-state index is 10.3. The summed E-state index contributed by atoms with van der Waals surface area (Å²) in [5, 5.41) is 8.47. The van der Waals surface area contributed by atoms with Crippen LogP contribution in [0.5, 0.6) is 0 Å². The van der Waals surface area contributed by atoms with E-state index in [2.05, 4.69) is 0 Å². The van der Waals surface area contributed by atoms with Crippen LogP contribution in [0.4, 0.5) is 0 Å². The second-order valence-corrected chi connectivity index (χ2v) is 2.33. The van der Waals surface area contributed by atoms with Gasteiger partial charge >= 0.3 is 5.97 Å². The lowest BCUT2D eigenvalue weighted by Gasteiger charge is -2.13. The van der Waals surface area contributed by atoms with E-state index in [1.54, 1.807) is 0 Å². The molecule has 0 aromatic carbocycles. The van der Waals surface area contributed by atoms with Gasteiger partial charge in [0.2, 0.25) is 0 Å². The molecule has 12 heavy (non-hydrogen) atoms. The summed E-state index contributed by atoms with van der Waals surface area (Å²) in [4.78, 5) is 10.3. The molecular weight excluding hydrogens is 160 g/mol. The molecule has 0 spiro atoms. The second kappa shape index (κ2) is 7.06. The average Bonchev–Trinajstić information content (AvgIpc) is 2.00. The number of carboxylic acid groups (broad SMARTS) is 1. The Balaban J connectivity index is 3.61. The summed E-state index contributed by atoms with van der Waals surface area (Å²) in [5.41, 5.74) is 0. The van der Waals surface area contributed by atoms with E-state index < -0.39 is 5.97 Å². The van der Waals surface area contributed by atoms with Gasteiger partial charge in [-0.2, -0.15) is 0 Å². The van der Waals surface area contributed by atoms with Crippen LogP contribution in [0.25, 0.3) is 0 Å². The number of rotatable bonds is 7. The molecule has 0 fully saturated rings. The highest BCUT2D eigenvalue weighted by Gasteiger charge is 2.12. The van der Waals surface area contributed by atoms with Crippen LogP contribution in [0.2, 0.25) is 0 Å². The Bertz CT molecular complexity index is 124. The molecule has 0 aromatic heterocycles. The fourth-order valence-electron chi connectivity index (χ4n) is 0.846. The van der Waals surface area contributed by atoms with Crippen molar-refractivity contribution in [3.63, 3.8) is 0 Å². The van der Waals surface area contributed by atoms with Crippen molar-refractivity contribution in [2.75, 3.05) is 19.8 Å². The van der Waals surface area contributed by atoms with Crippen molar-refractivity contribution in [2.45, 2.75) is 26.4 Å². The predicted octanol–water partition coefficient (Wildman–Crippen LogP) is 0.903. The van der Waals surface area contributed by atoms with Gasteiger partial charge in [-0.15, -0.1) is 0 Å². The van der Waals surface area contributed by atoms with Gasteiger partial charge in [0.1, 0.15) is 0 Å². The number of aliphatic carboxylic acids is 1. The quantitative estimate of drug-likeness (QED) is 0.626. The van der Waals surface area contributed by atoms with E-state index in [4.69, 9.17) is 14.6 Å². The molecule has 4 nitrogen and oxygen atoms in total. The van der Waals surface area contributed by atoms with Gasteiger partial charge in [-0.3, -0.25) is 4.79 Å². The van der Waals surface area contributed by atoms with Gasteiger partial charge in [0.25, 0.3) is 0 Å². The molecule has 0 aliphatic heterocycles. The van der Waals surface area contributed by atoms with Crippen molar-refractivity contribution < 1.29 is 19.4 Å². The Morgan fingerprint density at radius 3 is 2.50 bits per heavy atom. The van der Waals surface area contributed by atoms with Crippen LogP contribution < -0.4 is 0 Å². The van der Waals surface area contributed by atoms with Crippen LogP contribution in [-0.4, -0.2) is 37.0 Å². The fraction of sp³-hybridized carbons (Fsp3) is 0.875. The average molecular weight is 176 g/mol. The number of carbonyl (C=O) groups is 1. The van der Waals surface area contributed by atoms with E-state index in [1.807, 2.05) is 13.8 Å². The van der Waals surface area contributed by atoms with Gasteiger partial charge < -0.3 is 14.6 Å². The molecule has 72 valence electrons. The highest BCUT2D eigenvalue weighted by Crippen LogP contribution is 1.99. The van der Waals surface area contributed by atoms with Gasteiger partial charge in [0.15, 0.2) is 0 Å². The molecule has 1 N–H and O–H groups in total. The van der Waals surface area contributed by atoms with Crippen LogP contribution in [0.1, 0.15) is 20.3 Å². The van der Waals surface area contributed by atoms with Crippen molar-refractivity contribution in [1.29, 1.82) is 0 Å². The summed E-state index contributed by atoms with van der Waals surface area (Å²) in [5.74, 6) is -0.854. The van der Waals surface area contributed by atoms with Crippen LogP contribution in [-0.2, 0) is 14.3 Å². The molecule has 0 saturated carbocycles. The maximum atomic E-state index is 10.3. The van der Waals surface area contributed by atoms with E-state index in [0.29, 0.717) is 19.8 Å². The summed E-state index contributed by atoms with van der Waals surface area (Å²) in [6, 6.07) is 0. The Hall–Kier alpha value is -0.610. The molecule has 0 aromatic rings. The van der Waals surface area contributed by atoms with Gasteiger partial charge in [0.05, 0.1) is 19.1 Å². The second-order valence-electron chi connectivity index (χ2n) is 2.33. The number of hydrogen-bond donors (Lipinski definition) is 1. The van der Waals surface area contributed by atoms with E-state index in [9.17, 15) is 4.79 Å². The zero-order chi connectivity index (χ0) is 9.40. The Labute approximate surface area is 72.5 Å². The van der Waals surface area contributed by atoms with E-state index in [1.165, 1.54) is 0 Å². The largest absolute Gasteiger partial charge is 0.481 e. The van der Waals surface area contributed by atoms with Crippen molar-refractivity contribution >= 4 is 5.97 Å². The van der Waals surface area contributed by atoms with E-state index >= 15 is 0 Å². The highest BCUT2D eigenvalue weighted by molar-refractivity contribution is 5.67. The molecule has 0 aliphatic carbocycles. The molecule has 0 heterocycles. The third-order valence-electron chi connectivity index (χ3n) is 1.31. The first-order chi connectivity index (χ1) is 5.70. The molecule has 0 bridgehead atoms. The first kappa shape index (κ1) is 11.4. The van der Waals surface area contributed by atoms with Gasteiger partial charge in [0, 0.05) is 13.2 Å². The normalized spacial score (nSPS) is 12.8. The minimum Gasteiger partial charge on any atom is -0.481 e. The van der Waals surface area contributed by atoms with E-state index in [0.717, 1.165) is 0 Å². The zero-order valence-electron chi connectivity index (χ0n) is 7.58. The van der Waals surface area contributed by atoms with Crippen LogP contribution in [0.15, 0.2) is 0 Å². The lowest BCUT2D eigenvalue weighted by molar-refractivity contribution is -0.141. The van der Waals surface area contributed by atoms with Gasteiger partial charge in [-0.25, -0.2) is 0 Å². The SMILES string of the molecule is CCOCC(CC(=O)O)OCC. The Morgan fingerprint density at radius 1 is 1.42 bits per heavy atom. The highest BCUT2D eigenvalue weighted by atomic mass is 16.5. The van der Waals surface area contributed by atoms with Crippen molar-refractivity contribution in [3.8, 4) is 0 Å². The minimum atomic E-state index is -0.854. The summed E-state index contributed by atoms with van der Waals surface area (Å²) >= 11 is 0. The molecule has 0 aliphatic rings. The molecule has 4 heteroatoms. The first-order valence-corrected chi connectivity index (χ1v) is 4.11. The lowest BCUT2D eigenvalue weighted by atomic mass is 10.3. The van der Waals surface area contributed by atoms with Gasteiger partial charge in [-0.05, 0) is 13.8 Å². The van der Waals surface area contributed by atoms with Crippen LogP contribution in [0.3, 0.4) is 0 Å². The third kappa shape index (κ3) is 6.12. The smallest absolute Gasteiger partial charge is 0.306 e. The predicted molar refractivity (Wildman–Crippen MR) is 44.2 cm³/mol. The fourth-order valence-corrected chi connectivity index (χ4v) is 0.846. The number of ether oxygens (including phenoxy) is 2. The standard InChI is InChI=1S/C8H16O4/c1-3-11-6-7(12-4-2)5-8(9)10/h7H,3-6H2,1-2H3,(H,9,10). The summed E-state index contributed by atoms with van der Waals surface area (Å²) < 4.78 is 10.2. The van der Waals surface area contributed by atoms with Crippen LogP contribution in [0, 0.1) is 0 Å². The van der Waals surface area contributed by atoms with Crippen LogP contribution >= 0.6 is 0 Å². The monoisotopic (exact) mass is 176 g/mol. The van der Waals surface area contributed by atoms with Crippen molar-refractivity contribution in [2.24, 2.45) is 0 Å². The third-order valence-corrected chi connectivity index (χ3v) is 1.31. The Morgan fingerprint density at radius 2 is 2.08 bits per heavy atom. The maximum Gasteiger partial charge on any atom is 0.306 e. The molecule has 0 amide bonds. The van der Waals surface area contributed by atoms with Crippen molar-refractivity contribution in [3.05, 3.63) is 0 Å². The van der Waals surface area contributed by atoms with E-state index in [-0.39, 0.29) is 12.5 Å². The molecular formula is C8H16O4. The van der Waals surface area contributed by atoms with Crippen molar-refractivity contribution in [1.82, 2.24) is 0 Å². The molecule has 0 rings (SSSR count). The molecule has 0 radical (unpaired) electrons. The molecule has 0 saturated heterocycles. The molecule has 1 unspecified atom stereocenters. The summed E-state index contributed by atoms with van der Waals surface area (Å²) in [6.07, 6.45) is -0.305. The summed E-state index contributed by atoms with van der Waals surface area (Å²) in [7, 11) is 0. The minimum absolute atomic E-state index is 0.00778. The Kier molecular flexibility index (Phi) is 6.70. The first-order valence-electron chi connectivity index (χ1n) is 4.11. The number of hydrogen-bond acceptors (Lipinski definition) is 3. The van der Waals surface area contributed by atoms with Gasteiger partial charge in [-0.1, -0.05) is 0 Å². The zero-order valence-corrected chi connectivity index (χ0v) is 7.58. The lowest BCUT2D eigenvalue weighted by Crippen LogP contribution is -2.23. The number of carboxylic acids is 1. The molecule has 1 atom stereocenters. The summed E-state index contributed by atoms with van der Waals surface area (Å²) in [6.45, 7) is 5.16. The topological polar surface area (TPSA) is 55.8 Å².